The van der Waals surface area contributed by atoms with Crippen molar-refractivity contribution in [2.75, 3.05) is 20.3 Å². The largest absolute Gasteiger partial charge is 0.490 e. The summed E-state index contributed by atoms with van der Waals surface area (Å²) in [6, 6.07) is 8.47. The molecule has 1 aromatic rings. The van der Waals surface area contributed by atoms with Gasteiger partial charge < -0.3 is 14.8 Å². The third-order valence-corrected chi connectivity index (χ3v) is 4.42. The topological polar surface area (TPSA) is 30.5 Å². The lowest BCUT2D eigenvalue weighted by Crippen LogP contribution is -2.40. The molecular weight excluding hydrogens is 238 g/mol. The molecule has 3 heteroatoms. The van der Waals surface area contributed by atoms with Crippen molar-refractivity contribution in [2.24, 2.45) is 5.92 Å². The minimum Gasteiger partial charge on any atom is -0.490 e. The van der Waals surface area contributed by atoms with Crippen LogP contribution in [0.2, 0.25) is 0 Å². The van der Waals surface area contributed by atoms with Crippen molar-refractivity contribution < 1.29 is 9.47 Å². The van der Waals surface area contributed by atoms with Crippen molar-refractivity contribution >= 4 is 0 Å². The number of hydrogen-bond donors (Lipinski definition) is 1. The lowest BCUT2D eigenvalue weighted by atomic mass is 9.83. The van der Waals surface area contributed by atoms with Crippen molar-refractivity contribution in [1.29, 1.82) is 0 Å². The van der Waals surface area contributed by atoms with Gasteiger partial charge in [0.15, 0.2) is 0 Å². The Bertz CT molecular complexity index is 417. The fourth-order valence-electron chi connectivity index (χ4n) is 2.99. The number of nitrogens with one attached hydrogen (secondary N) is 1. The van der Waals surface area contributed by atoms with E-state index in [0.29, 0.717) is 6.61 Å². The molecule has 0 bridgehead atoms. The van der Waals surface area contributed by atoms with Crippen molar-refractivity contribution in [3.05, 3.63) is 29.8 Å². The van der Waals surface area contributed by atoms with Crippen LogP contribution >= 0.6 is 0 Å². The van der Waals surface area contributed by atoms with E-state index in [1.54, 1.807) is 0 Å². The maximum Gasteiger partial charge on any atom is 0.124 e. The van der Waals surface area contributed by atoms with E-state index in [2.05, 4.69) is 17.4 Å². The zero-order valence-electron chi connectivity index (χ0n) is 11.6. The molecule has 104 valence electrons. The molecule has 1 N–H and O–H groups in total. The second kappa shape index (κ2) is 5.93. The minimum absolute atomic E-state index is 0.125. The summed E-state index contributed by atoms with van der Waals surface area (Å²) in [4.78, 5) is 0. The third kappa shape index (κ3) is 2.77. The van der Waals surface area contributed by atoms with Gasteiger partial charge in [-0.3, -0.25) is 0 Å². The molecular formula is C16H23NO2. The second-order valence-electron chi connectivity index (χ2n) is 5.61. The highest BCUT2D eigenvalue weighted by molar-refractivity contribution is 5.38. The van der Waals surface area contributed by atoms with E-state index in [1.165, 1.54) is 31.2 Å². The number of benzene rings is 1. The van der Waals surface area contributed by atoms with Gasteiger partial charge in [-0.25, -0.2) is 0 Å². The van der Waals surface area contributed by atoms with Crippen molar-refractivity contribution in [2.45, 2.75) is 37.8 Å². The number of hydrogen-bond acceptors (Lipinski definition) is 3. The van der Waals surface area contributed by atoms with E-state index >= 15 is 0 Å². The summed E-state index contributed by atoms with van der Waals surface area (Å²) in [6.07, 6.45) is 5.52. The average molecular weight is 261 g/mol. The Kier molecular flexibility index (Phi) is 4.04. The Hall–Kier alpha value is -1.06. The number of ether oxygens (including phenoxy) is 2. The van der Waals surface area contributed by atoms with E-state index in [0.717, 1.165) is 18.3 Å². The van der Waals surface area contributed by atoms with Crippen LogP contribution in [0.5, 0.6) is 5.75 Å². The van der Waals surface area contributed by atoms with Crippen LogP contribution in [0.3, 0.4) is 0 Å². The number of para-hydroxylation sites is 1. The van der Waals surface area contributed by atoms with Crippen LogP contribution in [0.25, 0.3) is 0 Å². The monoisotopic (exact) mass is 261 g/mol. The van der Waals surface area contributed by atoms with Crippen LogP contribution in [0.4, 0.5) is 0 Å². The van der Waals surface area contributed by atoms with Gasteiger partial charge in [-0.1, -0.05) is 37.5 Å². The molecule has 19 heavy (non-hydrogen) atoms. The fourth-order valence-corrected chi connectivity index (χ4v) is 2.99. The zero-order valence-corrected chi connectivity index (χ0v) is 11.6. The Morgan fingerprint density at radius 2 is 2.16 bits per heavy atom. The lowest BCUT2D eigenvalue weighted by molar-refractivity contribution is -0.0217. The van der Waals surface area contributed by atoms with Crippen LogP contribution in [0.1, 0.15) is 37.3 Å². The molecule has 2 aliphatic rings. The smallest absolute Gasteiger partial charge is 0.124 e. The minimum atomic E-state index is 0.125. The van der Waals surface area contributed by atoms with E-state index in [4.69, 9.17) is 9.47 Å². The van der Waals surface area contributed by atoms with Crippen molar-refractivity contribution in [3.63, 3.8) is 0 Å². The summed E-state index contributed by atoms with van der Waals surface area (Å²) >= 11 is 0. The predicted octanol–water partition coefficient (Wildman–Crippen LogP) is 2.91. The summed E-state index contributed by atoms with van der Waals surface area (Å²) in [5.74, 6) is 1.89. The van der Waals surface area contributed by atoms with Gasteiger partial charge in [-0.15, -0.1) is 0 Å². The maximum absolute atomic E-state index is 6.06. The SMILES string of the molecule is CNC1c2ccccc2OCC1OCCC1CCC1. The molecule has 1 aromatic carbocycles. The van der Waals surface area contributed by atoms with Gasteiger partial charge in [-0.05, 0) is 25.5 Å². The Balaban J connectivity index is 1.59. The highest BCUT2D eigenvalue weighted by Crippen LogP contribution is 2.34. The molecule has 0 aromatic heterocycles. The highest BCUT2D eigenvalue weighted by Gasteiger charge is 2.30. The first-order valence-electron chi connectivity index (χ1n) is 7.39. The molecule has 2 atom stereocenters. The molecule has 0 amide bonds. The summed E-state index contributed by atoms with van der Waals surface area (Å²) in [6.45, 7) is 1.51. The quantitative estimate of drug-likeness (QED) is 0.884. The van der Waals surface area contributed by atoms with Crippen molar-refractivity contribution in [1.82, 2.24) is 5.32 Å². The van der Waals surface area contributed by atoms with Crippen LogP contribution in [-0.4, -0.2) is 26.4 Å². The Morgan fingerprint density at radius 3 is 2.89 bits per heavy atom. The second-order valence-corrected chi connectivity index (χ2v) is 5.61. The zero-order chi connectivity index (χ0) is 13.1. The van der Waals surface area contributed by atoms with Crippen LogP contribution in [-0.2, 0) is 4.74 Å². The summed E-state index contributed by atoms with van der Waals surface area (Å²) in [5.41, 5.74) is 1.21. The van der Waals surface area contributed by atoms with E-state index in [9.17, 15) is 0 Å². The molecule has 1 aliphatic heterocycles. The van der Waals surface area contributed by atoms with Gasteiger partial charge in [-0.2, -0.15) is 0 Å². The molecule has 1 aliphatic carbocycles. The Morgan fingerprint density at radius 1 is 1.32 bits per heavy atom. The molecule has 0 saturated heterocycles. The van der Waals surface area contributed by atoms with Crippen LogP contribution in [0, 0.1) is 5.92 Å². The average Bonchev–Trinajstić information content (AvgIpc) is 2.41. The molecule has 1 fully saturated rings. The molecule has 1 heterocycles. The predicted molar refractivity (Wildman–Crippen MR) is 75.4 cm³/mol. The number of likely N-dealkylation sites (N-methyl/N-ethyl adjacent to an activating group) is 1. The van der Waals surface area contributed by atoms with E-state index in [1.807, 2.05) is 19.2 Å². The fraction of sp³-hybridized carbons (Fsp3) is 0.625. The first-order chi connectivity index (χ1) is 9.38. The van der Waals surface area contributed by atoms with Gasteiger partial charge in [0.1, 0.15) is 18.5 Å². The lowest BCUT2D eigenvalue weighted by Gasteiger charge is -2.34. The summed E-state index contributed by atoms with van der Waals surface area (Å²) in [5, 5.41) is 3.37. The van der Waals surface area contributed by atoms with E-state index in [-0.39, 0.29) is 12.1 Å². The van der Waals surface area contributed by atoms with Gasteiger partial charge in [0.2, 0.25) is 0 Å². The first kappa shape index (κ1) is 12.9. The summed E-state index contributed by atoms with van der Waals surface area (Å²) in [7, 11) is 2.00. The number of fused-ring (bicyclic) bond motifs is 1. The molecule has 0 radical (unpaired) electrons. The van der Waals surface area contributed by atoms with Crippen LogP contribution in [0.15, 0.2) is 24.3 Å². The number of rotatable bonds is 5. The highest BCUT2D eigenvalue weighted by atomic mass is 16.5. The molecule has 2 unspecified atom stereocenters. The maximum atomic E-state index is 6.06. The standard InChI is InChI=1S/C16H23NO2/c1-17-16-13-7-2-3-8-14(13)19-11-15(16)18-10-9-12-5-4-6-12/h2-3,7-8,12,15-17H,4-6,9-11H2,1H3. The third-order valence-electron chi connectivity index (χ3n) is 4.42. The van der Waals surface area contributed by atoms with Crippen molar-refractivity contribution in [3.8, 4) is 5.75 Å². The normalized spacial score (nSPS) is 26.4. The molecule has 3 nitrogen and oxygen atoms in total. The van der Waals surface area contributed by atoms with Gasteiger partial charge >= 0.3 is 0 Å². The van der Waals surface area contributed by atoms with E-state index < -0.39 is 0 Å². The molecule has 3 rings (SSSR count). The molecule has 1 saturated carbocycles. The summed E-state index contributed by atoms with van der Waals surface area (Å²) < 4.78 is 11.9. The first-order valence-corrected chi connectivity index (χ1v) is 7.39. The molecule has 0 spiro atoms. The van der Waals surface area contributed by atoms with Gasteiger partial charge in [0.25, 0.3) is 0 Å². The van der Waals surface area contributed by atoms with Gasteiger partial charge in [0.05, 0.1) is 6.04 Å². The van der Waals surface area contributed by atoms with Gasteiger partial charge in [0, 0.05) is 12.2 Å². The van der Waals surface area contributed by atoms with Crippen LogP contribution < -0.4 is 10.1 Å². The Labute approximate surface area is 115 Å².